The van der Waals surface area contributed by atoms with Gasteiger partial charge in [0.1, 0.15) is 5.75 Å². The lowest BCUT2D eigenvalue weighted by Crippen LogP contribution is -2.30. The Bertz CT molecular complexity index is 827. The number of carbonyl (C=O) groups excluding carboxylic acids is 1. The molecule has 0 aliphatic heterocycles. The monoisotopic (exact) mass is 376 g/mol. The van der Waals surface area contributed by atoms with E-state index in [0.29, 0.717) is 36.7 Å². The molecule has 6 nitrogen and oxygen atoms in total. The van der Waals surface area contributed by atoms with Gasteiger partial charge >= 0.3 is 0 Å². The van der Waals surface area contributed by atoms with Crippen molar-refractivity contribution in [1.29, 1.82) is 0 Å². The van der Waals surface area contributed by atoms with Crippen molar-refractivity contribution in [1.82, 2.24) is 4.90 Å². The second kappa shape index (κ2) is 8.71. The zero-order chi connectivity index (χ0) is 19.2. The van der Waals surface area contributed by atoms with Crippen LogP contribution < -0.4 is 9.46 Å². The van der Waals surface area contributed by atoms with Gasteiger partial charge in [0, 0.05) is 24.3 Å². The van der Waals surface area contributed by atoms with Crippen LogP contribution in [-0.4, -0.2) is 38.9 Å². The van der Waals surface area contributed by atoms with Crippen LogP contribution in [0.4, 0.5) is 5.69 Å². The van der Waals surface area contributed by atoms with Crippen LogP contribution in [0.5, 0.6) is 5.75 Å². The zero-order valence-corrected chi connectivity index (χ0v) is 16.0. The summed E-state index contributed by atoms with van der Waals surface area (Å²) >= 11 is 0. The lowest BCUT2D eigenvalue weighted by atomic mass is 10.2. The van der Waals surface area contributed by atoms with Gasteiger partial charge in [-0.15, -0.1) is 0 Å². The van der Waals surface area contributed by atoms with Gasteiger partial charge in [-0.25, -0.2) is 8.42 Å². The molecule has 0 aliphatic rings. The summed E-state index contributed by atoms with van der Waals surface area (Å²) in [6.07, 6.45) is 0. The highest BCUT2D eigenvalue weighted by Crippen LogP contribution is 2.20. The molecule has 0 atom stereocenters. The van der Waals surface area contributed by atoms with E-state index >= 15 is 0 Å². The van der Waals surface area contributed by atoms with Crippen molar-refractivity contribution in [2.75, 3.05) is 24.4 Å². The molecule has 2 aromatic rings. The first kappa shape index (κ1) is 19.8. The molecular weight excluding hydrogens is 352 g/mol. The number of hydrogen-bond donors (Lipinski definition) is 1. The molecule has 0 spiro atoms. The summed E-state index contributed by atoms with van der Waals surface area (Å²) in [6.45, 7) is 7.47. The fraction of sp³-hybridized carbons (Fsp3) is 0.316. The Morgan fingerprint density at radius 2 is 1.54 bits per heavy atom. The third kappa shape index (κ3) is 4.76. The lowest BCUT2D eigenvalue weighted by molar-refractivity contribution is 0.0773. The van der Waals surface area contributed by atoms with Gasteiger partial charge in [-0.3, -0.25) is 9.52 Å². The minimum atomic E-state index is -3.70. The molecule has 140 valence electrons. The molecule has 0 saturated heterocycles. The highest BCUT2D eigenvalue weighted by Gasteiger charge is 2.16. The number of ether oxygens (including phenoxy) is 1. The normalized spacial score (nSPS) is 11.0. The fourth-order valence-corrected chi connectivity index (χ4v) is 3.53. The zero-order valence-electron chi connectivity index (χ0n) is 15.2. The lowest BCUT2D eigenvalue weighted by Gasteiger charge is -2.18. The quantitative estimate of drug-likeness (QED) is 0.766. The van der Waals surface area contributed by atoms with Gasteiger partial charge in [-0.05, 0) is 69.3 Å². The minimum absolute atomic E-state index is 0.0732. The molecule has 7 heteroatoms. The summed E-state index contributed by atoms with van der Waals surface area (Å²) in [5, 5.41) is 0. The Kier molecular flexibility index (Phi) is 6.63. The topological polar surface area (TPSA) is 75.7 Å². The van der Waals surface area contributed by atoms with Crippen LogP contribution in [0, 0.1) is 0 Å². The standard InChI is InChI=1S/C19H24N2O4S/c1-4-21(5-2)19(22)15-7-9-16(10-8-15)20-26(23,24)18-13-11-17(12-14-18)25-6-3/h7-14,20H,4-6H2,1-3H3. The van der Waals surface area contributed by atoms with Crippen LogP contribution in [0.1, 0.15) is 31.1 Å². The van der Waals surface area contributed by atoms with Crippen LogP contribution in [0.3, 0.4) is 0 Å². The smallest absolute Gasteiger partial charge is 0.261 e. The van der Waals surface area contributed by atoms with Crippen LogP contribution >= 0.6 is 0 Å². The van der Waals surface area contributed by atoms with Gasteiger partial charge in [-0.1, -0.05) is 0 Å². The predicted octanol–water partition coefficient (Wildman–Crippen LogP) is 3.37. The molecule has 0 saturated carbocycles. The van der Waals surface area contributed by atoms with Crippen LogP contribution in [0.25, 0.3) is 0 Å². The van der Waals surface area contributed by atoms with Crippen molar-refractivity contribution in [2.24, 2.45) is 0 Å². The number of amides is 1. The molecule has 0 unspecified atom stereocenters. The fourth-order valence-electron chi connectivity index (χ4n) is 2.47. The largest absolute Gasteiger partial charge is 0.494 e. The first-order chi connectivity index (χ1) is 12.4. The molecule has 0 aliphatic carbocycles. The summed E-state index contributed by atoms with van der Waals surface area (Å²) in [5.74, 6) is 0.543. The average molecular weight is 376 g/mol. The predicted molar refractivity (Wildman–Crippen MR) is 102 cm³/mol. The van der Waals surface area contributed by atoms with E-state index in [1.165, 1.54) is 12.1 Å². The Morgan fingerprint density at radius 3 is 2.04 bits per heavy atom. The van der Waals surface area contributed by atoms with Gasteiger partial charge < -0.3 is 9.64 Å². The Balaban J connectivity index is 2.13. The second-order valence-corrected chi connectivity index (χ2v) is 7.25. The SMILES string of the molecule is CCOc1ccc(S(=O)(=O)Nc2ccc(C(=O)N(CC)CC)cc2)cc1. The maximum atomic E-state index is 12.5. The minimum Gasteiger partial charge on any atom is -0.494 e. The summed E-state index contributed by atoms with van der Waals surface area (Å²) in [5.41, 5.74) is 0.924. The number of anilines is 1. The Morgan fingerprint density at radius 1 is 0.962 bits per heavy atom. The molecule has 0 fully saturated rings. The third-order valence-corrected chi connectivity index (χ3v) is 5.28. The van der Waals surface area contributed by atoms with Crippen molar-refractivity contribution in [3.8, 4) is 5.75 Å². The maximum Gasteiger partial charge on any atom is 0.261 e. The third-order valence-electron chi connectivity index (χ3n) is 3.88. The number of sulfonamides is 1. The highest BCUT2D eigenvalue weighted by atomic mass is 32.2. The molecule has 0 heterocycles. The van der Waals surface area contributed by atoms with E-state index in [9.17, 15) is 13.2 Å². The van der Waals surface area contributed by atoms with Gasteiger partial charge in [0.15, 0.2) is 0 Å². The molecule has 2 rings (SSSR count). The molecular formula is C19H24N2O4S. The summed E-state index contributed by atoms with van der Waals surface area (Å²) in [4.78, 5) is 14.1. The molecule has 1 N–H and O–H groups in total. The highest BCUT2D eigenvalue weighted by molar-refractivity contribution is 7.92. The first-order valence-electron chi connectivity index (χ1n) is 8.56. The molecule has 2 aromatic carbocycles. The number of nitrogens with zero attached hydrogens (tertiary/aromatic N) is 1. The van der Waals surface area contributed by atoms with Crippen molar-refractivity contribution >= 4 is 21.6 Å². The summed E-state index contributed by atoms with van der Waals surface area (Å²) in [7, 11) is -3.70. The number of carbonyl (C=O) groups is 1. The molecule has 0 radical (unpaired) electrons. The van der Waals surface area contributed by atoms with Crippen LogP contribution in [-0.2, 0) is 10.0 Å². The molecule has 26 heavy (non-hydrogen) atoms. The number of benzene rings is 2. The van der Waals surface area contributed by atoms with Crippen molar-refractivity contribution in [3.05, 3.63) is 54.1 Å². The van der Waals surface area contributed by atoms with Gasteiger partial charge in [0.25, 0.3) is 15.9 Å². The van der Waals surface area contributed by atoms with E-state index in [1.54, 1.807) is 41.3 Å². The van der Waals surface area contributed by atoms with Gasteiger partial charge in [0.2, 0.25) is 0 Å². The van der Waals surface area contributed by atoms with E-state index < -0.39 is 10.0 Å². The van der Waals surface area contributed by atoms with E-state index in [4.69, 9.17) is 4.74 Å². The van der Waals surface area contributed by atoms with Crippen molar-refractivity contribution < 1.29 is 17.9 Å². The first-order valence-corrected chi connectivity index (χ1v) is 10.0. The van der Waals surface area contributed by atoms with E-state index in [2.05, 4.69) is 4.72 Å². The Labute approximate surface area is 154 Å². The summed E-state index contributed by atoms with van der Waals surface area (Å²) in [6, 6.07) is 12.6. The van der Waals surface area contributed by atoms with Crippen LogP contribution in [0.15, 0.2) is 53.4 Å². The Hall–Kier alpha value is -2.54. The van der Waals surface area contributed by atoms with Gasteiger partial charge in [-0.2, -0.15) is 0 Å². The van der Waals surface area contributed by atoms with E-state index in [-0.39, 0.29) is 10.8 Å². The van der Waals surface area contributed by atoms with E-state index in [1.807, 2.05) is 20.8 Å². The molecule has 0 bridgehead atoms. The second-order valence-electron chi connectivity index (χ2n) is 5.56. The van der Waals surface area contributed by atoms with Crippen molar-refractivity contribution in [2.45, 2.75) is 25.7 Å². The van der Waals surface area contributed by atoms with Crippen LogP contribution in [0.2, 0.25) is 0 Å². The number of hydrogen-bond acceptors (Lipinski definition) is 4. The number of rotatable bonds is 8. The average Bonchev–Trinajstić information content (AvgIpc) is 2.63. The molecule has 0 aromatic heterocycles. The van der Waals surface area contributed by atoms with E-state index in [0.717, 1.165) is 0 Å². The maximum absolute atomic E-state index is 12.5. The summed E-state index contributed by atoms with van der Waals surface area (Å²) < 4.78 is 32.8. The van der Waals surface area contributed by atoms with Crippen molar-refractivity contribution in [3.63, 3.8) is 0 Å². The molecule has 1 amide bonds. The van der Waals surface area contributed by atoms with Gasteiger partial charge in [0.05, 0.1) is 11.5 Å². The number of nitrogens with one attached hydrogen (secondary N) is 1.